The summed E-state index contributed by atoms with van der Waals surface area (Å²) in [5.41, 5.74) is 5.15. The first-order valence-corrected chi connectivity index (χ1v) is 13.1. The van der Waals surface area contributed by atoms with Gasteiger partial charge in [-0.25, -0.2) is 4.57 Å². The van der Waals surface area contributed by atoms with E-state index in [-0.39, 0.29) is 18.0 Å². The first kappa shape index (κ1) is 30.1. The van der Waals surface area contributed by atoms with Gasteiger partial charge < -0.3 is 30.3 Å². The molecule has 3 aromatic carbocycles. The van der Waals surface area contributed by atoms with Crippen LogP contribution >= 0.6 is 7.82 Å². The van der Waals surface area contributed by atoms with Crippen LogP contribution in [0.3, 0.4) is 0 Å². The first-order valence-electron chi connectivity index (χ1n) is 11.6. The molecule has 210 valence electrons. The van der Waals surface area contributed by atoms with E-state index in [4.69, 9.17) is 25.0 Å². The van der Waals surface area contributed by atoms with Gasteiger partial charge in [0.1, 0.15) is 11.1 Å². The predicted molar refractivity (Wildman–Crippen MR) is 138 cm³/mol. The van der Waals surface area contributed by atoms with E-state index in [1.807, 2.05) is 54.6 Å². The quantitative estimate of drug-likeness (QED) is 0.243. The lowest BCUT2D eigenvalue weighted by atomic mass is 10.0. The average molecular weight is 568 g/mol. The summed E-state index contributed by atoms with van der Waals surface area (Å²) >= 11 is 0. The number of nitrogens with two attached hydrogens (primary N) is 1. The van der Waals surface area contributed by atoms with Crippen LogP contribution < -0.4 is 20.5 Å². The van der Waals surface area contributed by atoms with E-state index < -0.39 is 43.4 Å². The molecular formula is C26H28F3N2O7P. The molecule has 0 saturated carbocycles. The van der Waals surface area contributed by atoms with Crippen molar-refractivity contribution in [2.75, 3.05) is 25.6 Å². The highest BCUT2D eigenvalue weighted by Crippen LogP contribution is 2.44. The van der Waals surface area contributed by atoms with Crippen LogP contribution in [0.5, 0.6) is 11.5 Å². The van der Waals surface area contributed by atoms with Crippen molar-refractivity contribution in [2.45, 2.75) is 25.1 Å². The van der Waals surface area contributed by atoms with Crippen LogP contribution in [0.4, 0.5) is 18.9 Å². The summed E-state index contributed by atoms with van der Waals surface area (Å²) in [4.78, 5) is 30.2. The third-order valence-electron chi connectivity index (χ3n) is 5.59. The number of phosphoric ester groups is 1. The van der Waals surface area contributed by atoms with Crippen molar-refractivity contribution in [1.29, 1.82) is 0 Å². The van der Waals surface area contributed by atoms with Crippen LogP contribution in [0.1, 0.15) is 18.1 Å². The Kier molecular flexibility index (Phi) is 9.42. The molecule has 0 bridgehead atoms. The van der Waals surface area contributed by atoms with Crippen LogP contribution in [0.25, 0.3) is 11.1 Å². The number of phosphoric acid groups is 1. The maximum Gasteiger partial charge on any atom is 0.469 e. The molecule has 0 aromatic heterocycles. The van der Waals surface area contributed by atoms with Crippen molar-refractivity contribution in [2.24, 2.45) is 5.73 Å². The number of halogens is 3. The molecule has 0 radical (unpaired) electrons. The van der Waals surface area contributed by atoms with Gasteiger partial charge in [-0.2, -0.15) is 13.2 Å². The van der Waals surface area contributed by atoms with E-state index in [0.717, 1.165) is 36.8 Å². The Labute approximate surface area is 222 Å². The van der Waals surface area contributed by atoms with Gasteiger partial charge in [-0.15, -0.1) is 0 Å². The van der Waals surface area contributed by atoms with Crippen molar-refractivity contribution < 1.29 is 46.3 Å². The SMILES string of the molecule is COc1cc(NC(=O)[C@@](C)(N)COP(=O)(O)O)cc(C(F)(F)F)c1OCCc1ccc(-c2ccccc2)cc1. The lowest BCUT2D eigenvalue weighted by Gasteiger charge is -2.24. The van der Waals surface area contributed by atoms with Gasteiger partial charge in [0.15, 0.2) is 11.5 Å². The predicted octanol–water partition coefficient (Wildman–Crippen LogP) is 4.77. The number of carbonyl (C=O) groups excluding carboxylic acids is 1. The minimum atomic E-state index is -4.93. The molecule has 3 rings (SSSR count). The van der Waals surface area contributed by atoms with Gasteiger partial charge >= 0.3 is 14.0 Å². The molecule has 0 spiro atoms. The topological polar surface area (TPSA) is 140 Å². The fourth-order valence-corrected chi connectivity index (χ4v) is 3.94. The second-order valence-corrected chi connectivity index (χ2v) is 10.1. The van der Waals surface area contributed by atoms with Crippen LogP contribution in [0, 0.1) is 0 Å². The number of benzene rings is 3. The molecule has 0 aliphatic carbocycles. The lowest BCUT2D eigenvalue weighted by molar-refractivity contribution is -0.139. The highest BCUT2D eigenvalue weighted by atomic mass is 31.2. The molecule has 0 saturated heterocycles. The van der Waals surface area contributed by atoms with E-state index in [0.29, 0.717) is 12.5 Å². The molecule has 0 fully saturated rings. The summed E-state index contributed by atoms with van der Waals surface area (Å²) in [6.07, 6.45) is -4.55. The van der Waals surface area contributed by atoms with Crippen LogP contribution in [-0.4, -0.2) is 41.6 Å². The average Bonchev–Trinajstić information content (AvgIpc) is 2.88. The smallest absolute Gasteiger partial charge is 0.469 e. The molecule has 39 heavy (non-hydrogen) atoms. The first-order chi connectivity index (χ1) is 18.2. The Morgan fingerprint density at radius 3 is 2.21 bits per heavy atom. The van der Waals surface area contributed by atoms with Crippen LogP contribution in [-0.2, 0) is 26.5 Å². The molecular weight excluding hydrogens is 540 g/mol. The van der Waals surface area contributed by atoms with Gasteiger partial charge in [0.25, 0.3) is 0 Å². The number of anilines is 1. The minimum absolute atomic E-state index is 0.0869. The Morgan fingerprint density at radius 1 is 1.03 bits per heavy atom. The largest absolute Gasteiger partial charge is 0.493 e. The van der Waals surface area contributed by atoms with Crippen molar-refractivity contribution in [3.05, 3.63) is 77.9 Å². The third-order valence-corrected chi connectivity index (χ3v) is 6.05. The molecule has 5 N–H and O–H groups in total. The fraction of sp³-hybridized carbons (Fsp3) is 0.269. The van der Waals surface area contributed by atoms with Crippen LogP contribution in [0.2, 0.25) is 0 Å². The highest BCUT2D eigenvalue weighted by Gasteiger charge is 2.38. The zero-order chi connectivity index (χ0) is 28.8. The number of hydrogen-bond donors (Lipinski definition) is 4. The number of alkyl halides is 3. The summed E-state index contributed by atoms with van der Waals surface area (Å²) in [5.74, 6) is -1.88. The van der Waals surface area contributed by atoms with Gasteiger partial charge in [-0.3, -0.25) is 9.32 Å². The van der Waals surface area contributed by atoms with Crippen molar-refractivity contribution in [1.82, 2.24) is 0 Å². The number of carbonyl (C=O) groups is 1. The number of hydrogen-bond acceptors (Lipinski definition) is 6. The molecule has 0 unspecified atom stereocenters. The second-order valence-electron chi connectivity index (χ2n) is 8.85. The monoisotopic (exact) mass is 568 g/mol. The van der Waals surface area contributed by atoms with Gasteiger partial charge in [-0.1, -0.05) is 54.6 Å². The number of nitrogens with one attached hydrogen (secondary N) is 1. The number of amides is 1. The third kappa shape index (κ3) is 8.54. The Hall–Kier alpha value is -3.41. The van der Waals surface area contributed by atoms with E-state index in [2.05, 4.69) is 9.84 Å². The van der Waals surface area contributed by atoms with E-state index in [1.165, 1.54) is 0 Å². The number of methoxy groups -OCH3 is 1. The van der Waals surface area contributed by atoms with Crippen LogP contribution in [0.15, 0.2) is 66.7 Å². The molecule has 0 heterocycles. The maximum absolute atomic E-state index is 13.9. The standard InChI is InChI=1S/C26H28F3N2O7P/c1-25(30,16-38-39(33,34)35)24(32)31-20-14-21(26(27,28)29)23(22(15-20)36-2)37-13-12-17-8-10-19(11-9-17)18-6-4-3-5-7-18/h3-11,14-15H,12-13,16,30H2,1-2H3,(H,31,32)(H2,33,34,35)/t25-/m0/s1. The second kappa shape index (κ2) is 12.2. The lowest BCUT2D eigenvalue weighted by Crippen LogP contribution is -2.52. The molecule has 0 aliphatic rings. The molecule has 1 amide bonds. The maximum atomic E-state index is 13.9. The van der Waals surface area contributed by atoms with E-state index in [9.17, 15) is 22.5 Å². The number of rotatable bonds is 11. The summed E-state index contributed by atoms with van der Waals surface area (Å²) in [6.45, 7) is 0.125. The summed E-state index contributed by atoms with van der Waals surface area (Å²) < 4.78 is 67.6. The summed E-state index contributed by atoms with van der Waals surface area (Å²) in [6, 6.07) is 19.1. The highest BCUT2D eigenvalue weighted by molar-refractivity contribution is 7.46. The Morgan fingerprint density at radius 2 is 1.64 bits per heavy atom. The minimum Gasteiger partial charge on any atom is -0.493 e. The summed E-state index contributed by atoms with van der Waals surface area (Å²) in [5, 5.41) is 2.20. The number of ether oxygens (including phenoxy) is 2. The van der Waals surface area contributed by atoms with Crippen molar-refractivity contribution >= 4 is 19.4 Å². The molecule has 9 nitrogen and oxygen atoms in total. The molecule has 1 atom stereocenters. The zero-order valence-corrected chi connectivity index (χ0v) is 22.0. The van der Waals surface area contributed by atoms with Crippen molar-refractivity contribution in [3.63, 3.8) is 0 Å². The zero-order valence-electron chi connectivity index (χ0n) is 21.1. The molecule has 13 heteroatoms. The molecule has 0 aliphatic heterocycles. The van der Waals surface area contributed by atoms with Gasteiger partial charge in [0.2, 0.25) is 5.91 Å². The van der Waals surface area contributed by atoms with Gasteiger partial charge in [0.05, 0.1) is 20.3 Å². The van der Waals surface area contributed by atoms with Crippen molar-refractivity contribution in [3.8, 4) is 22.6 Å². The fourth-order valence-electron chi connectivity index (χ4n) is 3.51. The Balaban J connectivity index is 1.75. The Bertz CT molecular complexity index is 1330. The molecule has 3 aromatic rings. The van der Waals surface area contributed by atoms with E-state index in [1.54, 1.807) is 0 Å². The van der Waals surface area contributed by atoms with Gasteiger partial charge in [0, 0.05) is 18.2 Å². The normalized spacial score (nSPS) is 13.4. The van der Waals surface area contributed by atoms with E-state index >= 15 is 0 Å². The van der Waals surface area contributed by atoms with Gasteiger partial charge in [-0.05, 0) is 29.7 Å². The summed E-state index contributed by atoms with van der Waals surface area (Å²) in [7, 11) is -3.78.